The molecule has 2 heteroatoms. The number of pyridine rings is 1. The van der Waals surface area contributed by atoms with Gasteiger partial charge in [0.25, 0.3) is 0 Å². The predicted octanol–water partition coefficient (Wildman–Crippen LogP) is 5.66. The number of hydrogen-bond acceptors (Lipinski definition) is 2. The molecule has 1 aliphatic carbocycles. The molecule has 0 radical (unpaired) electrons. The molecule has 0 saturated carbocycles. The van der Waals surface area contributed by atoms with Crippen LogP contribution in [0.15, 0.2) is 30.5 Å². The fourth-order valence-electron chi connectivity index (χ4n) is 4.12. The highest BCUT2D eigenvalue weighted by atomic mass is 16.5. The maximum atomic E-state index is 5.57. The molecule has 0 saturated heterocycles. The van der Waals surface area contributed by atoms with Crippen molar-refractivity contribution < 1.29 is 4.74 Å². The fraction of sp³-hybridized carbons (Fsp3) is 0.500. The summed E-state index contributed by atoms with van der Waals surface area (Å²) in [5.41, 5.74) is 6.45. The second-order valence-corrected chi connectivity index (χ2v) is 8.70. The van der Waals surface area contributed by atoms with Crippen molar-refractivity contribution >= 4 is 0 Å². The van der Waals surface area contributed by atoms with E-state index in [0.717, 1.165) is 22.6 Å². The van der Waals surface area contributed by atoms with Gasteiger partial charge in [-0.25, -0.2) is 0 Å². The van der Waals surface area contributed by atoms with Crippen LogP contribution in [-0.2, 0) is 10.8 Å². The monoisotopic (exact) mass is 323 g/mol. The fourth-order valence-corrected chi connectivity index (χ4v) is 4.12. The molecule has 0 unspecified atom stereocenters. The Kier molecular flexibility index (Phi) is 3.60. The van der Waals surface area contributed by atoms with Crippen LogP contribution in [0, 0.1) is 12.3 Å². The summed E-state index contributed by atoms with van der Waals surface area (Å²) in [5, 5.41) is 0. The van der Waals surface area contributed by atoms with Crippen LogP contribution in [0.5, 0.6) is 5.75 Å². The van der Waals surface area contributed by atoms with E-state index in [9.17, 15) is 0 Å². The summed E-state index contributed by atoms with van der Waals surface area (Å²) in [4.78, 5) is 4.64. The Hall–Kier alpha value is -1.83. The molecule has 128 valence electrons. The van der Waals surface area contributed by atoms with Gasteiger partial charge in [-0.1, -0.05) is 53.7 Å². The largest absolute Gasteiger partial charge is 0.494 e. The van der Waals surface area contributed by atoms with E-state index in [2.05, 4.69) is 70.8 Å². The van der Waals surface area contributed by atoms with E-state index in [0.29, 0.717) is 0 Å². The van der Waals surface area contributed by atoms with Gasteiger partial charge in [0.15, 0.2) is 0 Å². The van der Waals surface area contributed by atoms with E-state index >= 15 is 0 Å². The summed E-state index contributed by atoms with van der Waals surface area (Å²) in [5.74, 6) is 0.837. The summed E-state index contributed by atoms with van der Waals surface area (Å²) in [6.45, 7) is 16.3. The van der Waals surface area contributed by atoms with Crippen LogP contribution >= 0.6 is 0 Å². The third-order valence-electron chi connectivity index (χ3n) is 6.97. The van der Waals surface area contributed by atoms with Gasteiger partial charge in [0.2, 0.25) is 0 Å². The minimum Gasteiger partial charge on any atom is -0.494 e. The van der Waals surface area contributed by atoms with Crippen LogP contribution in [0.4, 0.5) is 0 Å². The molecule has 1 heterocycles. The van der Waals surface area contributed by atoms with E-state index < -0.39 is 0 Å². The highest BCUT2D eigenvalue weighted by Gasteiger charge is 2.56. The Morgan fingerprint density at radius 3 is 2.12 bits per heavy atom. The third kappa shape index (κ3) is 2.05. The van der Waals surface area contributed by atoms with Crippen molar-refractivity contribution in [1.82, 2.24) is 4.98 Å². The lowest BCUT2D eigenvalue weighted by Crippen LogP contribution is -2.42. The average molecular weight is 323 g/mol. The number of rotatable bonds is 2. The standard InChI is InChI=1S/C22H29NO/c1-14-11-18(24-8)19(23-13-14)15-9-10-16-17(12-15)21(4,5)22(6,7)20(16,2)3/h9-13H,1-8H3. The summed E-state index contributed by atoms with van der Waals surface area (Å²) < 4.78 is 5.57. The van der Waals surface area contributed by atoms with Crippen molar-refractivity contribution in [3.63, 3.8) is 0 Å². The normalized spacial score (nSPS) is 19.8. The smallest absolute Gasteiger partial charge is 0.145 e. The Morgan fingerprint density at radius 2 is 1.50 bits per heavy atom. The first-order valence-electron chi connectivity index (χ1n) is 8.70. The van der Waals surface area contributed by atoms with Crippen molar-refractivity contribution in [3.8, 4) is 17.0 Å². The zero-order valence-electron chi connectivity index (χ0n) is 16.2. The van der Waals surface area contributed by atoms with Crippen LogP contribution in [0.25, 0.3) is 11.3 Å². The lowest BCUT2D eigenvalue weighted by molar-refractivity contribution is 0.125. The van der Waals surface area contributed by atoms with Crippen LogP contribution in [0.3, 0.4) is 0 Å². The molecule has 0 bridgehead atoms. The molecule has 0 spiro atoms. The number of hydrogen-bond donors (Lipinski definition) is 0. The van der Waals surface area contributed by atoms with Crippen LogP contribution in [0.1, 0.15) is 58.2 Å². The van der Waals surface area contributed by atoms with Crippen molar-refractivity contribution in [1.29, 1.82) is 0 Å². The van der Waals surface area contributed by atoms with Crippen LogP contribution in [-0.4, -0.2) is 12.1 Å². The van der Waals surface area contributed by atoms with Crippen LogP contribution < -0.4 is 4.74 Å². The van der Waals surface area contributed by atoms with Crippen molar-refractivity contribution in [2.24, 2.45) is 5.41 Å². The molecule has 3 rings (SSSR count). The lowest BCUT2D eigenvalue weighted by Gasteiger charge is -2.44. The van der Waals surface area contributed by atoms with E-state index in [1.165, 1.54) is 11.1 Å². The van der Waals surface area contributed by atoms with E-state index in [-0.39, 0.29) is 16.2 Å². The van der Waals surface area contributed by atoms with Gasteiger partial charge >= 0.3 is 0 Å². The van der Waals surface area contributed by atoms with Crippen LogP contribution in [0.2, 0.25) is 0 Å². The maximum Gasteiger partial charge on any atom is 0.145 e. The number of aromatic nitrogens is 1. The third-order valence-corrected chi connectivity index (χ3v) is 6.97. The topological polar surface area (TPSA) is 22.1 Å². The molecule has 2 nitrogen and oxygen atoms in total. The minimum absolute atomic E-state index is 0.0970. The number of benzene rings is 1. The number of aryl methyl sites for hydroxylation is 1. The average Bonchev–Trinajstić information content (AvgIpc) is 2.63. The minimum atomic E-state index is 0.0970. The molecule has 1 aromatic heterocycles. The van der Waals surface area contributed by atoms with Gasteiger partial charge in [-0.3, -0.25) is 4.98 Å². The zero-order valence-corrected chi connectivity index (χ0v) is 16.2. The van der Waals surface area contributed by atoms with E-state index in [4.69, 9.17) is 4.74 Å². The number of ether oxygens (including phenoxy) is 1. The van der Waals surface area contributed by atoms with Crippen molar-refractivity contribution in [2.75, 3.05) is 7.11 Å². The van der Waals surface area contributed by atoms with Gasteiger partial charge < -0.3 is 4.74 Å². The second kappa shape index (κ2) is 5.08. The summed E-state index contributed by atoms with van der Waals surface area (Å²) in [6.07, 6.45) is 1.91. The Morgan fingerprint density at radius 1 is 0.875 bits per heavy atom. The number of fused-ring (bicyclic) bond motifs is 1. The second-order valence-electron chi connectivity index (χ2n) is 8.70. The molecule has 1 aliphatic rings. The molecule has 0 N–H and O–H groups in total. The molecule has 0 fully saturated rings. The lowest BCUT2D eigenvalue weighted by atomic mass is 9.59. The quantitative estimate of drug-likeness (QED) is 0.711. The van der Waals surface area contributed by atoms with Gasteiger partial charge in [-0.2, -0.15) is 0 Å². The van der Waals surface area contributed by atoms with Gasteiger partial charge in [0, 0.05) is 11.8 Å². The molecule has 2 aromatic rings. The molecule has 0 aliphatic heterocycles. The Balaban J connectivity index is 2.22. The molecular weight excluding hydrogens is 294 g/mol. The van der Waals surface area contributed by atoms with Crippen molar-refractivity contribution in [3.05, 3.63) is 47.2 Å². The van der Waals surface area contributed by atoms with Gasteiger partial charge in [0.1, 0.15) is 11.4 Å². The van der Waals surface area contributed by atoms with Crippen molar-refractivity contribution in [2.45, 2.75) is 59.3 Å². The maximum absolute atomic E-state index is 5.57. The highest BCUT2D eigenvalue weighted by Crippen LogP contribution is 2.61. The van der Waals surface area contributed by atoms with E-state index in [1.807, 2.05) is 13.1 Å². The predicted molar refractivity (Wildman–Crippen MR) is 101 cm³/mol. The summed E-state index contributed by atoms with van der Waals surface area (Å²) >= 11 is 0. The molecular formula is C22H29NO. The Bertz CT molecular complexity index is 800. The first-order chi connectivity index (χ1) is 11.0. The summed E-state index contributed by atoms with van der Waals surface area (Å²) in [6, 6.07) is 8.86. The van der Waals surface area contributed by atoms with Gasteiger partial charge in [-0.15, -0.1) is 0 Å². The number of nitrogens with zero attached hydrogens (tertiary/aromatic N) is 1. The number of methoxy groups -OCH3 is 1. The zero-order chi connectivity index (χ0) is 17.9. The molecule has 24 heavy (non-hydrogen) atoms. The first-order valence-corrected chi connectivity index (χ1v) is 8.70. The molecule has 0 atom stereocenters. The van der Waals surface area contributed by atoms with E-state index in [1.54, 1.807) is 7.11 Å². The Labute approximate surface area is 146 Å². The summed E-state index contributed by atoms with van der Waals surface area (Å²) in [7, 11) is 1.71. The molecule has 0 amide bonds. The van der Waals surface area contributed by atoms with Gasteiger partial charge in [0.05, 0.1) is 7.11 Å². The highest BCUT2D eigenvalue weighted by molar-refractivity contribution is 5.69. The first kappa shape index (κ1) is 17.0. The SMILES string of the molecule is COc1cc(C)cnc1-c1ccc2c(c1)C(C)(C)C(C)(C)C2(C)C. The van der Waals surface area contributed by atoms with Gasteiger partial charge in [-0.05, 0) is 52.0 Å². The molecule has 1 aromatic carbocycles.